The number of benzene rings is 1. The molecule has 5 atom stereocenters. The smallest absolute Gasteiger partial charge is 0.233 e. The maximum absolute atomic E-state index is 11.5. The number of amides is 1. The Morgan fingerprint density at radius 3 is 2.72 bits per heavy atom. The summed E-state index contributed by atoms with van der Waals surface area (Å²) >= 11 is 0. The Labute approximate surface area is 149 Å². The molecule has 0 aliphatic carbocycles. The molecule has 1 aromatic carbocycles. The van der Waals surface area contributed by atoms with Crippen LogP contribution in [0.2, 0.25) is 0 Å². The molecule has 25 heavy (non-hydrogen) atoms. The number of carbonyl (C=O) groups is 1. The summed E-state index contributed by atoms with van der Waals surface area (Å²) in [6.45, 7) is 4.61. The first-order chi connectivity index (χ1) is 11.9. The average Bonchev–Trinajstić information content (AvgIpc) is 2.66. The number of nitrogens with one attached hydrogen (secondary N) is 1. The number of aliphatic hydroxyl groups is 1. The van der Waals surface area contributed by atoms with Gasteiger partial charge in [0.15, 0.2) is 0 Å². The number of carbonyl (C=O) groups excluding carboxylic acids is 1. The Kier molecular flexibility index (Phi) is 5.19. The van der Waals surface area contributed by atoms with Crippen LogP contribution in [0.15, 0.2) is 30.3 Å². The van der Waals surface area contributed by atoms with Crippen molar-refractivity contribution in [3.8, 4) is 0 Å². The first-order valence-corrected chi connectivity index (χ1v) is 9.25. The lowest BCUT2D eigenvalue weighted by Gasteiger charge is -2.49. The van der Waals surface area contributed by atoms with Crippen molar-refractivity contribution in [1.82, 2.24) is 5.32 Å². The van der Waals surface area contributed by atoms with Gasteiger partial charge in [-0.1, -0.05) is 30.3 Å². The largest absolute Gasteiger partial charge is 0.390 e. The first kappa shape index (κ1) is 18.4. The average molecular weight is 346 g/mol. The topological polar surface area (TPSA) is 84.6 Å². The number of ether oxygens (including phenoxy) is 1. The minimum Gasteiger partial charge on any atom is -0.390 e. The summed E-state index contributed by atoms with van der Waals surface area (Å²) in [5.41, 5.74) is 5.82. The van der Waals surface area contributed by atoms with Gasteiger partial charge in [-0.05, 0) is 51.0 Å². The van der Waals surface area contributed by atoms with Gasteiger partial charge in [0.25, 0.3) is 0 Å². The molecule has 2 saturated heterocycles. The molecule has 4 N–H and O–H groups in total. The highest BCUT2D eigenvalue weighted by Crippen LogP contribution is 2.50. The molecule has 2 aliphatic heterocycles. The number of aliphatic hydroxyl groups excluding tert-OH is 1. The van der Waals surface area contributed by atoms with E-state index in [2.05, 4.69) is 36.5 Å². The van der Waals surface area contributed by atoms with Crippen LogP contribution >= 0.6 is 0 Å². The van der Waals surface area contributed by atoms with Crippen molar-refractivity contribution >= 4 is 5.91 Å². The molecule has 0 unspecified atom stereocenters. The lowest BCUT2D eigenvalue weighted by atomic mass is 9.74. The summed E-state index contributed by atoms with van der Waals surface area (Å²) in [5.74, 6) is 0.174. The molecule has 5 heteroatoms. The standard InChI is InChI=1S/C20H30N2O3/c1-19-9-8-15(13-22-17(23)12-21)18(24)20(2,25-19)11-16(10-19)14-6-4-3-5-7-14/h3-7,15-16,18,24H,8-13,21H2,1-2H3,(H,22,23)/t15-,16-,18-,19-,20-/m0/s1. The minimum atomic E-state index is -0.612. The lowest BCUT2D eigenvalue weighted by Crippen LogP contribution is -2.54. The monoisotopic (exact) mass is 346 g/mol. The van der Waals surface area contributed by atoms with E-state index in [1.54, 1.807) is 0 Å². The molecule has 2 bridgehead atoms. The van der Waals surface area contributed by atoms with Gasteiger partial charge in [0.05, 0.1) is 23.9 Å². The summed E-state index contributed by atoms with van der Waals surface area (Å²) < 4.78 is 6.46. The molecule has 0 aromatic heterocycles. The zero-order valence-corrected chi connectivity index (χ0v) is 15.2. The van der Waals surface area contributed by atoms with Crippen LogP contribution in [0.3, 0.4) is 0 Å². The molecule has 138 valence electrons. The van der Waals surface area contributed by atoms with Gasteiger partial charge in [-0.2, -0.15) is 0 Å². The van der Waals surface area contributed by atoms with E-state index in [4.69, 9.17) is 10.5 Å². The second-order valence-corrected chi connectivity index (χ2v) is 8.13. The number of nitrogens with two attached hydrogens (primary N) is 1. The molecule has 1 amide bonds. The Balaban J connectivity index is 1.81. The minimum absolute atomic E-state index is 0.0168. The van der Waals surface area contributed by atoms with Gasteiger partial charge < -0.3 is 20.9 Å². The van der Waals surface area contributed by atoms with Crippen molar-refractivity contribution in [3.05, 3.63) is 35.9 Å². The number of fused-ring (bicyclic) bond motifs is 2. The highest BCUT2D eigenvalue weighted by Gasteiger charge is 2.52. The number of hydrogen-bond acceptors (Lipinski definition) is 4. The molecule has 1 aromatic rings. The van der Waals surface area contributed by atoms with E-state index < -0.39 is 11.7 Å². The van der Waals surface area contributed by atoms with Crippen LogP contribution in [0.4, 0.5) is 0 Å². The summed E-state index contributed by atoms with van der Waals surface area (Å²) in [7, 11) is 0. The lowest BCUT2D eigenvalue weighted by molar-refractivity contribution is -0.215. The van der Waals surface area contributed by atoms with E-state index in [1.807, 2.05) is 13.0 Å². The Morgan fingerprint density at radius 2 is 2.04 bits per heavy atom. The second-order valence-electron chi connectivity index (χ2n) is 8.13. The molecule has 0 saturated carbocycles. The highest BCUT2D eigenvalue weighted by molar-refractivity contribution is 5.77. The second kappa shape index (κ2) is 7.06. The Morgan fingerprint density at radius 1 is 1.32 bits per heavy atom. The fraction of sp³-hybridized carbons (Fsp3) is 0.650. The predicted octanol–water partition coefficient (Wildman–Crippen LogP) is 1.94. The van der Waals surface area contributed by atoms with Crippen LogP contribution in [-0.4, -0.2) is 41.4 Å². The summed E-state index contributed by atoms with van der Waals surface area (Å²) in [6.07, 6.45) is 2.85. The molecule has 2 heterocycles. The molecular formula is C20H30N2O3. The highest BCUT2D eigenvalue weighted by atomic mass is 16.5. The predicted molar refractivity (Wildman–Crippen MR) is 97.1 cm³/mol. The number of rotatable bonds is 4. The van der Waals surface area contributed by atoms with Crippen molar-refractivity contribution < 1.29 is 14.6 Å². The number of hydrogen-bond donors (Lipinski definition) is 3. The maximum Gasteiger partial charge on any atom is 0.233 e. The van der Waals surface area contributed by atoms with Crippen molar-refractivity contribution in [1.29, 1.82) is 0 Å². The van der Waals surface area contributed by atoms with Crippen molar-refractivity contribution in [3.63, 3.8) is 0 Å². The van der Waals surface area contributed by atoms with E-state index in [-0.39, 0.29) is 24.0 Å². The van der Waals surface area contributed by atoms with Crippen LogP contribution in [0.1, 0.15) is 51.0 Å². The van der Waals surface area contributed by atoms with Gasteiger partial charge in [-0.15, -0.1) is 0 Å². The summed E-state index contributed by atoms with van der Waals surface area (Å²) in [4.78, 5) is 11.5. The SMILES string of the molecule is C[C@]12CC[C@@H](CNC(=O)CN)[C@H](O)[C@](C)(C[C@@H](c3ccccc3)C1)O2. The van der Waals surface area contributed by atoms with Gasteiger partial charge >= 0.3 is 0 Å². The Hall–Kier alpha value is -1.43. The molecule has 5 nitrogen and oxygen atoms in total. The molecule has 3 rings (SSSR count). The van der Waals surface area contributed by atoms with E-state index in [1.165, 1.54) is 5.56 Å². The van der Waals surface area contributed by atoms with E-state index in [0.717, 1.165) is 25.7 Å². The normalized spacial score (nSPS) is 38.0. The molecule has 2 fully saturated rings. The van der Waals surface area contributed by atoms with Crippen molar-refractivity contribution in [2.75, 3.05) is 13.1 Å². The third-order valence-corrected chi connectivity index (χ3v) is 5.94. The van der Waals surface area contributed by atoms with E-state index in [9.17, 15) is 9.90 Å². The first-order valence-electron chi connectivity index (χ1n) is 9.25. The van der Waals surface area contributed by atoms with Gasteiger partial charge in [-0.3, -0.25) is 4.79 Å². The van der Waals surface area contributed by atoms with Crippen LogP contribution in [-0.2, 0) is 9.53 Å². The fourth-order valence-electron chi connectivity index (χ4n) is 4.70. The third kappa shape index (κ3) is 3.89. The molecule has 0 radical (unpaired) electrons. The molecule has 0 spiro atoms. The van der Waals surface area contributed by atoms with Gasteiger partial charge in [0.1, 0.15) is 0 Å². The van der Waals surface area contributed by atoms with Crippen LogP contribution in [0.5, 0.6) is 0 Å². The van der Waals surface area contributed by atoms with Crippen LogP contribution < -0.4 is 11.1 Å². The molecule has 2 aliphatic rings. The quantitative estimate of drug-likeness (QED) is 0.778. The van der Waals surface area contributed by atoms with Crippen molar-refractivity contribution in [2.45, 2.75) is 62.8 Å². The van der Waals surface area contributed by atoms with Gasteiger partial charge in [0.2, 0.25) is 5.91 Å². The summed E-state index contributed by atoms with van der Waals surface area (Å²) in [5, 5.41) is 13.9. The maximum atomic E-state index is 11.5. The van der Waals surface area contributed by atoms with Crippen LogP contribution in [0, 0.1) is 5.92 Å². The molecular weight excluding hydrogens is 316 g/mol. The van der Waals surface area contributed by atoms with Crippen molar-refractivity contribution in [2.24, 2.45) is 11.7 Å². The summed E-state index contributed by atoms with van der Waals surface area (Å²) in [6, 6.07) is 10.5. The fourth-order valence-corrected chi connectivity index (χ4v) is 4.70. The van der Waals surface area contributed by atoms with Gasteiger partial charge in [0, 0.05) is 12.5 Å². The zero-order valence-electron chi connectivity index (χ0n) is 15.2. The third-order valence-electron chi connectivity index (χ3n) is 5.94. The zero-order chi connectivity index (χ0) is 18.1. The van der Waals surface area contributed by atoms with E-state index >= 15 is 0 Å². The van der Waals surface area contributed by atoms with Crippen LogP contribution in [0.25, 0.3) is 0 Å². The van der Waals surface area contributed by atoms with Gasteiger partial charge in [-0.25, -0.2) is 0 Å². The van der Waals surface area contributed by atoms with E-state index in [0.29, 0.717) is 12.5 Å². The Bertz CT molecular complexity index is 608.